The van der Waals surface area contributed by atoms with Gasteiger partial charge in [-0.25, -0.2) is 0 Å². The van der Waals surface area contributed by atoms with Gasteiger partial charge in [0.15, 0.2) is 11.5 Å². The number of nitrogens with two attached hydrogens (primary N) is 1. The number of ether oxygens (including phenoxy) is 2. The average molecular weight is 397 g/mol. The topological polar surface area (TPSA) is 64.8 Å². The molecule has 1 amide bonds. The first-order valence-electron chi connectivity index (χ1n) is 7.07. The molecule has 1 aromatic carbocycles. The Labute approximate surface area is 147 Å². The monoisotopic (exact) mass is 396 g/mol. The minimum atomic E-state index is -0.472. The summed E-state index contributed by atoms with van der Waals surface area (Å²) in [5.41, 5.74) is 6.98. The highest BCUT2D eigenvalue weighted by Crippen LogP contribution is 2.40. The molecule has 0 unspecified atom stereocenters. The van der Waals surface area contributed by atoms with E-state index in [1.165, 1.54) is 0 Å². The van der Waals surface area contributed by atoms with Gasteiger partial charge in [0.1, 0.15) is 6.04 Å². The number of carbonyl (C=O) groups excluding carboxylic acids is 1. The molecule has 0 saturated carbocycles. The third-order valence-corrected chi connectivity index (χ3v) is 5.62. The van der Waals surface area contributed by atoms with Gasteiger partial charge >= 0.3 is 0 Å². The number of hydrogen-bond donors (Lipinski definition) is 1. The van der Waals surface area contributed by atoms with E-state index in [9.17, 15) is 4.79 Å². The Hall–Kier alpha value is -1.57. The highest BCUT2D eigenvalue weighted by atomic mass is 79.9. The largest absolute Gasteiger partial charge is 0.493 e. The molecule has 23 heavy (non-hydrogen) atoms. The van der Waals surface area contributed by atoms with Crippen LogP contribution >= 0.6 is 27.3 Å². The van der Waals surface area contributed by atoms with Crippen molar-refractivity contribution >= 4 is 33.2 Å². The lowest BCUT2D eigenvalue weighted by atomic mass is 9.93. The lowest BCUT2D eigenvalue weighted by Crippen LogP contribution is -2.62. The minimum Gasteiger partial charge on any atom is -0.493 e. The minimum absolute atomic E-state index is 0.0330. The van der Waals surface area contributed by atoms with Crippen LogP contribution in [0.25, 0.3) is 0 Å². The van der Waals surface area contributed by atoms with Crippen LogP contribution in [0.1, 0.15) is 16.5 Å². The Morgan fingerprint density at radius 2 is 1.96 bits per heavy atom. The zero-order valence-corrected chi connectivity index (χ0v) is 15.2. The van der Waals surface area contributed by atoms with E-state index in [0.717, 1.165) is 14.2 Å². The van der Waals surface area contributed by atoms with Crippen molar-refractivity contribution in [2.45, 2.75) is 18.6 Å². The molecule has 0 spiro atoms. The quantitative estimate of drug-likeness (QED) is 0.788. The maximum atomic E-state index is 12.2. The molecule has 2 atom stereocenters. The number of benzene rings is 1. The van der Waals surface area contributed by atoms with Gasteiger partial charge in [-0.15, -0.1) is 11.3 Å². The number of nitrogens with zero attached hydrogens (tertiary/aromatic N) is 1. The molecule has 2 heterocycles. The molecule has 1 aliphatic rings. The molecule has 1 fully saturated rings. The van der Waals surface area contributed by atoms with Gasteiger partial charge in [0.05, 0.1) is 24.0 Å². The zero-order chi connectivity index (χ0) is 16.6. The van der Waals surface area contributed by atoms with Crippen molar-refractivity contribution in [2.75, 3.05) is 14.2 Å². The molecule has 0 radical (unpaired) electrons. The molecule has 122 valence electrons. The normalized spacial score (nSPS) is 20.3. The fourth-order valence-electron chi connectivity index (χ4n) is 2.75. The Morgan fingerprint density at radius 3 is 2.57 bits per heavy atom. The summed E-state index contributed by atoms with van der Waals surface area (Å²) in [7, 11) is 3.19. The Morgan fingerprint density at radius 1 is 1.22 bits per heavy atom. The first-order chi connectivity index (χ1) is 11.0. The Bertz CT molecular complexity index is 734. The van der Waals surface area contributed by atoms with Gasteiger partial charge in [-0.3, -0.25) is 4.79 Å². The fourth-order valence-corrected chi connectivity index (χ4v) is 4.33. The van der Waals surface area contributed by atoms with E-state index in [2.05, 4.69) is 15.9 Å². The fraction of sp³-hybridized carbons (Fsp3) is 0.312. The summed E-state index contributed by atoms with van der Waals surface area (Å²) in [5, 5.41) is 0. The summed E-state index contributed by atoms with van der Waals surface area (Å²) in [6, 6.07) is 9.09. The molecule has 2 N–H and O–H groups in total. The summed E-state index contributed by atoms with van der Waals surface area (Å²) < 4.78 is 11.6. The van der Waals surface area contributed by atoms with Crippen LogP contribution in [-0.4, -0.2) is 31.1 Å². The van der Waals surface area contributed by atoms with E-state index >= 15 is 0 Å². The number of likely N-dealkylation sites (tertiary alicyclic amines) is 1. The smallest absolute Gasteiger partial charge is 0.242 e. The second kappa shape index (κ2) is 6.51. The number of methoxy groups -OCH3 is 2. The highest BCUT2D eigenvalue weighted by molar-refractivity contribution is 9.11. The van der Waals surface area contributed by atoms with Crippen LogP contribution in [0, 0.1) is 0 Å². The molecule has 2 aromatic rings. The van der Waals surface area contributed by atoms with Gasteiger partial charge in [-0.1, -0.05) is 6.07 Å². The van der Waals surface area contributed by atoms with Crippen LogP contribution in [0.3, 0.4) is 0 Å². The average Bonchev–Trinajstić information content (AvgIpc) is 2.99. The Balaban J connectivity index is 1.82. The number of carbonyl (C=O) groups is 1. The van der Waals surface area contributed by atoms with E-state index in [-0.39, 0.29) is 11.9 Å². The maximum absolute atomic E-state index is 12.2. The predicted octanol–water partition coefficient (Wildman–Crippen LogP) is 2.94. The molecule has 1 saturated heterocycles. The lowest BCUT2D eigenvalue weighted by molar-refractivity contribution is -0.150. The van der Waals surface area contributed by atoms with Gasteiger partial charge in [0.25, 0.3) is 0 Å². The number of thiophene rings is 1. The second-order valence-electron chi connectivity index (χ2n) is 5.27. The van der Waals surface area contributed by atoms with Crippen LogP contribution < -0.4 is 15.2 Å². The number of β-lactam (4-membered cyclic amide) rings is 1. The van der Waals surface area contributed by atoms with Gasteiger partial charge in [-0.2, -0.15) is 0 Å². The maximum Gasteiger partial charge on any atom is 0.242 e. The van der Waals surface area contributed by atoms with E-state index < -0.39 is 6.04 Å². The second-order valence-corrected chi connectivity index (χ2v) is 7.76. The van der Waals surface area contributed by atoms with E-state index in [0.29, 0.717) is 18.0 Å². The highest BCUT2D eigenvalue weighted by Gasteiger charge is 2.46. The van der Waals surface area contributed by atoms with Gasteiger partial charge in [0, 0.05) is 11.4 Å². The third-order valence-electron chi connectivity index (χ3n) is 3.93. The first kappa shape index (κ1) is 16.3. The van der Waals surface area contributed by atoms with Crippen molar-refractivity contribution in [2.24, 2.45) is 5.73 Å². The molecular formula is C16H17BrN2O3S. The molecular weight excluding hydrogens is 380 g/mol. The van der Waals surface area contributed by atoms with Crippen molar-refractivity contribution in [3.05, 3.63) is 44.6 Å². The molecule has 0 aliphatic carbocycles. The summed E-state index contributed by atoms with van der Waals surface area (Å²) in [5.74, 6) is 1.29. The number of amides is 1. The van der Waals surface area contributed by atoms with E-state index in [4.69, 9.17) is 15.2 Å². The van der Waals surface area contributed by atoms with Crippen molar-refractivity contribution in [3.63, 3.8) is 0 Å². The molecule has 3 rings (SSSR count). The number of hydrogen-bond acceptors (Lipinski definition) is 5. The first-order valence-corrected chi connectivity index (χ1v) is 8.68. The zero-order valence-electron chi connectivity index (χ0n) is 12.8. The van der Waals surface area contributed by atoms with Gasteiger partial charge in [-0.05, 0) is 45.8 Å². The standard InChI is InChI=1S/C16H17BrN2O3S/c1-21-10-4-3-9(7-11(10)22-2)8-19-15(14(18)16(19)20)12-5-6-13(17)23-12/h3-7,14-15H,8,18H2,1-2H3/t14-,15+/m1/s1. The van der Waals surface area contributed by atoms with Crippen LogP contribution in [0.15, 0.2) is 34.1 Å². The van der Waals surface area contributed by atoms with Crippen LogP contribution in [0.2, 0.25) is 0 Å². The van der Waals surface area contributed by atoms with E-state index in [1.807, 2.05) is 30.3 Å². The SMILES string of the molecule is COc1ccc(CN2C(=O)[C@H](N)[C@@H]2c2ccc(Br)s2)cc1OC. The lowest BCUT2D eigenvalue weighted by Gasteiger charge is -2.45. The summed E-state index contributed by atoms with van der Waals surface area (Å²) in [6.45, 7) is 0.493. The van der Waals surface area contributed by atoms with Gasteiger partial charge < -0.3 is 20.1 Å². The summed E-state index contributed by atoms with van der Waals surface area (Å²) >= 11 is 5.06. The van der Waals surface area contributed by atoms with Crippen LogP contribution in [0.5, 0.6) is 11.5 Å². The van der Waals surface area contributed by atoms with Crippen LogP contribution in [0.4, 0.5) is 0 Å². The molecule has 1 aliphatic heterocycles. The van der Waals surface area contributed by atoms with Crippen LogP contribution in [-0.2, 0) is 11.3 Å². The molecule has 5 nitrogen and oxygen atoms in total. The summed E-state index contributed by atoms with van der Waals surface area (Å²) in [6.07, 6.45) is 0. The van der Waals surface area contributed by atoms with Crippen molar-refractivity contribution in [3.8, 4) is 11.5 Å². The molecule has 7 heteroatoms. The number of rotatable bonds is 5. The summed E-state index contributed by atoms with van der Waals surface area (Å²) in [4.78, 5) is 15.1. The molecule has 0 bridgehead atoms. The molecule has 1 aromatic heterocycles. The Kier molecular flexibility index (Phi) is 4.61. The van der Waals surface area contributed by atoms with Gasteiger partial charge in [0.2, 0.25) is 5.91 Å². The van der Waals surface area contributed by atoms with E-state index in [1.54, 1.807) is 30.5 Å². The predicted molar refractivity (Wildman–Crippen MR) is 92.8 cm³/mol. The third kappa shape index (κ3) is 2.96. The number of halogens is 1. The van der Waals surface area contributed by atoms with Crippen molar-refractivity contribution < 1.29 is 14.3 Å². The van der Waals surface area contributed by atoms with Crippen molar-refractivity contribution in [1.82, 2.24) is 4.90 Å². The van der Waals surface area contributed by atoms with Crippen molar-refractivity contribution in [1.29, 1.82) is 0 Å².